The maximum Gasteiger partial charge on any atom is 0.0680 e. The molecule has 3 aliphatic heterocycles. The topological polar surface area (TPSA) is 21.7 Å². The molecule has 3 aliphatic rings. The molecule has 24 heavy (non-hydrogen) atoms. The van der Waals surface area contributed by atoms with Crippen molar-refractivity contribution in [3.63, 3.8) is 0 Å². The van der Waals surface area contributed by atoms with Crippen molar-refractivity contribution in [2.45, 2.75) is 36.7 Å². The monoisotopic (exact) mass is 367 g/mol. The minimum absolute atomic E-state index is 0.443. The van der Waals surface area contributed by atoms with Crippen LogP contribution in [0.3, 0.4) is 0 Å². The summed E-state index contributed by atoms with van der Waals surface area (Å²) in [5.41, 5.74) is 1.31. The molecule has 0 aliphatic carbocycles. The van der Waals surface area contributed by atoms with Gasteiger partial charge in [0.15, 0.2) is 0 Å². The molecule has 3 saturated heterocycles. The molecule has 0 amide bonds. The molecule has 5 heteroatoms. The summed E-state index contributed by atoms with van der Waals surface area (Å²) in [4.78, 5) is 2.53. The van der Waals surface area contributed by atoms with E-state index in [0.29, 0.717) is 16.8 Å². The molecule has 3 fully saturated rings. The van der Waals surface area contributed by atoms with Crippen molar-refractivity contribution in [2.75, 3.05) is 38.7 Å². The molecule has 3 heterocycles. The second-order valence-corrected chi connectivity index (χ2v) is 9.41. The predicted molar refractivity (Wildman–Crippen MR) is 99.8 cm³/mol. The van der Waals surface area contributed by atoms with Crippen molar-refractivity contribution in [1.29, 1.82) is 0 Å². The average molecular weight is 368 g/mol. The van der Waals surface area contributed by atoms with Crippen LogP contribution >= 0.6 is 23.4 Å². The smallest absolute Gasteiger partial charge is 0.0680 e. The van der Waals surface area contributed by atoms with E-state index in [2.05, 4.69) is 28.8 Å². The minimum Gasteiger partial charge on any atom is -0.381 e. The van der Waals surface area contributed by atoms with Crippen LogP contribution in [-0.2, 0) is 16.0 Å². The summed E-state index contributed by atoms with van der Waals surface area (Å²) in [6.45, 7) is 6.13. The van der Waals surface area contributed by atoms with E-state index in [1.165, 1.54) is 37.9 Å². The number of halogens is 1. The Balaban J connectivity index is 1.20. The Hall–Kier alpha value is -0.260. The minimum atomic E-state index is 0.443. The second-order valence-electron chi connectivity index (χ2n) is 7.48. The van der Waals surface area contributed by atoms with Gasteiger partial charge < -0.3 is 9.47 Å². The Labute approximate surface area is 154 Å². The van der Waals surface area contributed by atoms with Gasteiger partial charge >= 0.3 is 0 Å². The van der Waals surface area contributed by atoms with Gasteiger partial charge in [0.25, 0.3) is 0 Å². The van der Waals surface area contributed by atoms with Crippen LogP contribution in [0.2, 0.25) is 5.02 Å². The maximum absolute atomic E-state index is 6.23. The Bertz CT molecular complexity index is 558. The number of ether oxygens (including phenoxy) is 2. The van der Waals surface area contributed by atoms with E-state index >= 15 is 0 Å². The first kappa shape index (κ1) is 17.2. The summed E-state index contributed by atoms with van der Waals surface area (Å²) in [6, 6.07) is 8.22. The molecule has 0 N–H and O–H groups in total. The summed E-state index contributed by atoms with van der Waals surface area (Å²) in [5.74, 6) is 1.87. The molecule has 1 atom stereocenters. The van der Waals surface area contributed by atoms with Crippen LogP contribution in [-0.4, -0.2) is 54.4 Å². The number of rotatable bonds is 5. The summed E-state index contributed by atoms with van der Waals surface area (Å²) >= 11 is 8.21. The highest BCUT2D eigenvalue weighted by atomic mass is 35.5. The van der Waals surface area contributed by atoms with Crippen LogP contribution in [0.15, 0.2) is 24.3 Å². The first-order valence-electron chi connectivity index (χ1n) is 9.01. The van der Waals surface area contributed by atoms with E-state index in [9.17, 15) is 0 Å². The molecule has 1 spiro atoms. The van der Waals surface area contributed by atoms with Crippen molar-refractivity contribution in [2.24, 2.45) is 5.92 Å². The van der Waals surface area contributed by atoms with Crippen LogP contribution in [0.5, 0.6) is 0 Å². The molecule has 0 aromatic heterocycles. The molecule has 132 valence electrons. The Morgan fingerprint density at radius 2 is 2.12 bits per heavy atom. The van der Waals surface area contributed by atoms with Crippen molar-refractivity contribution in [3.8, 4) is 0 Å². The van der Waals surface area contributed by atoms with Gasteiger partial charge in [0.05, 0.1) is 6.10 Å². The Kier molecular flexibility index (Phi) is 5.40. The first-order chi connectivity index (χ1) is 11.7. The lowest BCUT2D eigenvalue weighted by Gasteiger charge is -2.47. The second kappa shape index (κ2) is 7.55. The zero-order valence-electron chi connectivity index (χ0n) is 14.1. The SMILES string of the molecule is Clc1cccc(CN2CC3(C[C@H](OCC4CCOCC4)CS3)C2)c1. The van der Waals surface area contributed by atoms with Gasteiger partial charge in [0, 0.05) is 55.0 Å². The average Bonchev–Trinajstić information content (AvgIpc) is 2.98. The molecule has 0 saturated carbocycles. The normalized spacial score (nSPS) is 27.5. The van der Waals surface area contributed by atoms with E-state index in [-0.39, 0.29) is 0 Å². The molecule has 4 rings (SSSR count). The zero-order chi connectivity index (χ0) is 16.4. The van der Waals surface area contributed by atoms with Gasteiger partial charge in [-0.2, -0.15) is 0 Å². The lowest BCUT2D eigenvalue weighted by atomic mass is 9.92. The quantitative estimate of drug-likeness (QED) is 0.788. The number of thioether (sulfide) groups is 1. The molecular formula is C19H26ClNO2S. The largest absolute Gasteiger partial charge is 0.381 e. The van der Waals surface area contributed by atoms with Crippen LogP contribution < -0.4 is 0 Å². The highest BCUT2D eigenvalue weighted by Gasteiger charge is 2.49. The van der Waals surface area contributed by atoms with E-state index in [4.69, 9.17) is 21.1 Å². The van der Waals surface area contributed by atoms with Crippen molar-refractivity contribution in [1.82, 2.24) is 4.90 Å². The van der Waals surface area contributed by atoms with Crippen molar-refractivity contribution >= 4 is 23.4 Å². The summed E-state index contributed by atoms with van der Waals surface area (Å²) in [5, 5.41) is 0.833. The number of hydrogen-bond donors (Lipinski definition) is 0. The van der Waals surface area contributed by atoms with Crippen LogP contribution in [0, 0.1) is 5.92 Å². The van der Waals surface area contributed by atoms with Gasteiger partial charge in [-0.05, 0) is 42.9 Å². The lowest BCUT2D eigenvalue weighted by molar-refractivity contribution is -0.0133. The van der Waals surface area contributed by atoms with Crippen molar-refractivity contribution < 1.29 is 9.47 Å². The van der Waals surface area contributed by atoms with E-state index in [0.717, 1.165) is 37.1 Å². The summed E-state index contributed by atoms with van der Waals surface area (Å²) in [6.07, 6.45) is 4.00. The third kappa shape index (κ3) is 4.10. The number of likely N-dealkylation sites (tertiary alicyclic amines) is 1. The Morgan fingerprint density at radius 1 is 1.29 bits per heavy atom. The fourth-order valence-electron chi connectivity index (χ4n) is 4.09. The highest BCUT2D eigenvalue weighted by molar-refractivity contribution is 8.01. The van der Waals surface area contributed by atoms with E-state index in [1.807, 2.05) is 12.1 Å². The molecule has 1 aromatic carbocycles. The van der Waals surface area contributed by atoms with Crippen LogP contribution in [0.1, 0.15) is 24.8 Å². The highest BCUT2D eigenvalue weighted by Crippen LogP contribution is 2.46. The molecule has 0 radical (unpaired) electrons. The van der Waals surface area contributed by atoms with Gasteiger partial charge in [0.1, 0.15) is 0 Å². The lowest BCUT2D eigenvalue weighted by Crippen LogP contribution is -2.58. The number of hydrogen-bond acceptors (Lipinski definition) is 4. The predicted octanol–water partition coefficient (Wildman–Crippen LogP) is 3.84. The van der Waals surface area contributed by atoms with Crippen molar-refractivity contribution in [3.05, 3.63) is 34.9 Å². The third-order valence-corrected chi connectivity index (χ3v) is 7.21. The van der Waals surface area contributed by atoms with E-state index in [1.54, 1.807) is 0 Å². The maximum atomic E-state index is 6.23. The molecular weight excluding hydrogens is 342 g/mol. The molecule has 1 aromatic rings. The van der Waals surface area contributed by atoms with Crippen LogP contribution in [0.25, 0.3) is 0 Å². The number of benzene rings is 1. The fraction of sp³-hybridized carbons (Fsp3) is 0.684. The molecule has 0 bridgehead atoms. The number of nitrogens with zero attached hydrogens (tertiary/aromatic N) is 1. The van der Waals surface area contributed by atoms with E-state index < -0.39 is 0 Å². The zero-order valence-corrected chi connectivity index (χ0v) is 15.7. The van der Waals surface area contributed by atoms with Gasteiger partial charge in [-0.3, -0.25) is 4.90 Å². The summed E-state index contributed by atoms with van der Waals surface area (Å²) in [7, 11) is 0. The van der Waals surface area contributed by atoms with Gasteiger partial charge in [-0.25, -0.2) is 0 Å². The molecule has 3 nitrogen and oxygen atoms in total. The van der Waals surface area contributed by atoms with Crippen LogP contribution in [0.4, 0.5) is 0 Å². The third-order valence-electron chi connectivity index (χ3n) is 5.40. The standard InChI is InChI=1S/C19H26ClNO2S/c20-17-3-1-2-16(8-17)10-21-13-19(14-21)9-18(12-24-19)23-11-15-4-6-22-7-5-15/h1-3,8,15,18H,4-7,9-14H2/t18-/m0/s1. The first-order valence-corrected chi connectivity index (χ1v) is 10.4. The summed E-state index contributed by atoms with van der Waals surface area (Å²) < 4.78 is 12.1. The van der Waals surface area contributed by atoms with Gasteiger partial charge in [-0.15, -0.1) is 11.8 Å². The van der Waals surface area contributed by atoms with Gasteiger partial charge in [0.2, 0.25) is 0 Å². The Morgan fingerprint density at radius 3 is 2.92 bits per heavy atom. The molecule has 0 unspecified atom stereocenters. The van der Waals surface area contributed by atoms with Gasteiger partial charge in [-0.1, -0.05) is 23.7 Å². The fourth-order valence-corrected chi connectivity index (χ4v) is 5.91.